The quantitative estimate of drug-likeness (QED) is 0.608. The highest BCUT2D eigenvalue weighted by molar-refractivity contribution is 6.08. The number of nitrogens with zero attached hydrogens (tertiary/aromatic N) is 2. The minimum absolute atomic E-state index is 0.995. The van der Waals surface area contributed by atoms with E-state index in [-0.39, 0.29) is 0 Å². The van der Waals surface area contributed by atoms with E-state index < -0.39 is 0 Å². The van der Waals surface area contributed by atoms with E-state index in [1.165, 1.54) is 16.6 Å². The zero-order chi connectivity index (χ0) is 12.1. The molecule has 0 spiro atoms. The van der Waals surface area contributed by atoms with Crippen molar-refractivity contribution in [2.24, 2.45) is 0 Å². The lowest BCUT2D eigenvalue weighted by molar-refractivity contribution is 1.07. The molecular weight excluding hydrogens is 222 g/mol. The van der Waals surface area contributed by atoms with Crippen LogP contribution in [0.1, 0.15) is 11.3 Å². The summed E-state index contributed by atoms with van der Waals surface area (Å²) < 4.78 is 0. The van der Waals surface area contributed by atoms with E-state index in [0.29, 0.717) is 0 Å². The van der Waals surface area contributed by atoms with Gasteiger partial charge in [-0.05, 0) is 31.0 Å². The van der Waals surface area contributed by atoms with Gasteiger partial charge in [0.1, 0.15) is 0 Å². The minimum Gasteiger partial charge on any atom is -0.384 e. The number of benzene rings is 1. The molecule has 1 aliphatic heterocycles. The number of aromatic nitrogens is 2. The van der Waals surface area contributed by atoms with Crippen molar-refractivity contribution in [1.82, 2.24) is 9.97 Å². The van der Waals surface area contributed by atoms with Crippen molar-refractivity contribution in [2.75, 3.05) is 11.9 Å². The molecule has 1 aliphatic rings. The van der Waals surface area contributed by atoms with Gasteiger partial charge in [-0.2, -0.15) is 0 Å². The molecule has 3 heterocycles. The van der Waals surface area contributed by atoms with Crippen LogP contribution in [-0.4, -0.2) is 16.5 Å². The topological polar surface area (TPSA) is 37.8 Å². The second-order valence-electron chi connectivity index (χ2n) is 4.76. The fourth-order valence-corrected chi connectivity index (χ4v) is 2.84. The maximum atomic E-state index is 4.77. The smallest absolute Gasteiger partial charge is 0.0988 e. The van der Waals surface area contributed by atoms with Gasteiger partial charge < -0.3 is 5.32 Å². The Morgan fingerprint density at radius 3 is 3.06 bits per heavy atom. The average Bonchev–Trinajstić information content (AvgIpc) is 2.89. The fraction of sp³-hybridized carbons (Fsp3) is 0.200. The van der Waals surface area contributed by atoms with Gasteiger partial charge in [-0.15, -0.1) is 0 Å². The van der Waals surface area contributed by atoms with Gasteiger partial charge in [0, 0.05) is 34.9 Å². The van der Waals surface area contributed by atoms with Crippen LogP contribution >= 0.6 is 0 Å². The van der Waals surface area contributed by atoms with Crippen LogP contribution in [0.25, 0.3) is 21.8 Å². The maximum Gasteiger partial charge on any atom is 0.0988 e. The molecule has 3 heteroatoms. The summed E-state index contributed by atoms with van der Waals surface area (Å²) in [5.74, 6) is 0. The van der Waals surface area contributed by atoms with E-state index in [1.807, 2.05) is 12.3 Å². The van der Waals surface area contributed by atoms with Gasteiger partial charge in [0.25, 0.3) is 0 Å². The third-order valence-corrected chi connectivity index (χ3v) is 3.71. The summed E-state index contributed by atoms with van der Waals surface area (Å²) in [6.45, 7) is 3.10. The van der Waals surface area contributed by atoms with Crippen LogP contribution in [0, 0.1) is 6.92 Å². The first kappa shape index (κ1) is 9.83. The Labute approximate surface area is 105 Å². The molecule has 0 saturated heterocycles. The largest absolute Gasteiger partial charge is 0.384 e. The molecule has 3 nitrogen and oxygen atoms in total. The standard InChI is InChI=1S/C15H13N3/c1-9-11-6-8-17-14(11)12-5-4-10-3-2-7-16-13(10)15(12)18-9/h2-5,7,17H,6,8H2,1H3. The summed E-state index contributed by atoms with van der Waals surface area (Å²) in [5, 5.41) is 5.82. The van der Waals surface area contributed by atoms with Crippen LogP contribution < -0.4 is 5.32 Å². The molecule has 0 atom stereocenters. The highest BCUT2D eigenvalue weighted by Gasteiger charge is 2.18. The number of rotatable bonds is 0. The lowest BCUT2D eigenvalue weighted by Crippen LogP contribution is -1.95. The number of nitrogens with one attached hydrogen (secondary N) is 1. The molecule has 3 aromatic rings. The molecule has 1 aromatic carbocycles. The van der Waals surface area contributed by atoms with Crippen LogP contribution in [0.15, 0.2) is 30.5 Å². The van der Waals surface area contributed by atoms with E-state index >= 15 is 0 Å². The predicted octanol–water partition coefficient (Wildman–Crippen LogP) is 3.06. The summed E-state index contributed by atoms with van der Waals surface area (Å²) in [4.78, 5) is 9.26. The highest BCUT2D eigenvalue weighted by atomic mass is 14.9. The van der Waals surface area contributed by atoms with E-state index in [1.54, 1.807) is 0 Å². The van der Waals surface area contributed by atoms with E-state index in [2.05, 4.69) is 35.4 Å². The third kappa shape index (κ3) is 1.19. The van der Waals surface area contributed by atoms with Gasteiger partial charge in [0.05, 0.1) is 11.0 Å². The molecule has 4 rings (SSSR count). The monoisotopic (exact) mass is 235 g/mol. The first-order valence-corrected chi connectivity index (χ1v) is 6.25. The molecular formula is C15H13N3. The van der Waals surface area contributed by atoms with Crippen molar-refractivity contribution in [1.29, 1.82) is 0 Å². The van der Waals surface area contributed by atoms with Gasteiger partial charge in [0.2, 0.25) is 0 Å². The first-order valence-electron chi connectivity index (χ1n) is 6.25. The Bertz CT molecular complexity index is 777. The van der Waals surface area contributed by atoms with Crippen LogP contribution in [0.3, 0.4) is 0 Å². The Morgan fingerprint density at radius 1 is 1.17 bits per heavy atom. The predicted molar refractivity (Wildman–Crippen MR) is 74.0 cm³/mol. The van der Waals surface area contributed by atoms with Crippen LogP contribution in [-0.2, 0) is 6.42 Å². The number of aryl methyl sites for hydroxylation is 1. The molecule has 0 amide bonds. The van der Waals surface area contributed by atoms with Crippen molar-refractivity contribution in [3.63, 3.8) is 0 Å². The van der Waals surface area contributed by atoms with Gasteiger partial charge in [-0.25, -0.2) is 0 Å². The van der Waals surface area contributed by atoms with Crippen LogP contribution in [0.4, 0.5) is 5.69 Å². The van der Waals surface area contributed by atoms with Crippen molar-refractivity contribution in [3.8, 4) is 0 Å². The van der Waals surface area contributed by atoms with E-state index in [4.69, 9.17) is 4.98 Å². The zero-order valence-electron chi connectivity index (χ0n) is 10.2. The number of fused-ring (bicyclic) bond motifs is 5. The lowest BCUT2D eigenvalue weighted by Gasteiger charge is -2.09. The molecule has 0 bridgehead atoms. The van der Waals surface area contributed by atoms with Crippen molar-refractivity contribution >= 4 is 27.5 Å². The second-order valence-corrected chi connectivity index (χ2v) is 4.76. The minimum atomic E-state index is 0.995. The summed E-state index contributed by atoms with van der Waals surface area (Å²) in [5.41, 5.74) is 5.75. The average molecular weight is 235 g/mol. The van der Waals surface area contributed by atoms with Crippen LogP contribution in [0.5, 0.6) is 0 Å². The number of anilines is 1. The normalized spacial score (nSPS) is 13.8. The van der Waals surface area contributed by atoms with Gasteiger partial charge >= 0.3 is 0 Å². The second kappa shape index (κ2) is 3.42. The summed E-state index contributed by atoms with van der Waals surface area (Å²) >= 11 is 0. The molecule has 0 unspecified atom stereocenters. The molecule has 88 valence electrons. The number of hydrogen-bond donors (Lipinski definition) is 1. The Balaban J connectivity index is 2.24. The molecule has 0 saturated carbocycles. The van der Waals surface area contributed by atoms with E-state index in [0.717, 1.165) is 35.1 Å². The summed E-state index contributed by atoms with van der Waals surface area (Å²) in [6.07, 6.45) is 2.91. The summed E-state index contributed by atoms with van der Waals surface area (Å²) in [7, 11) is 0. The SMILES string of the molecule is Cc1nc2c(ccc3cccnc32)c2c1CCN2. The van der Waals surface area contributed by atoms with Gasteiger partial charge in [-0.1, -0.05) is 12.1 Å². The molecule has 0 aliphatic carbocycles. The molecule has 1 N–H and O–H groups in total. The van der Waals surface area contributed by atoms with Crippen molar-refractivity contribution in [3.05, 3.63) is 41.7 Å². The third-order valence-electron chi connectivity index (χ3n) is 3.71. The molecule has 0 fully saturated rings. The van der Waals surface area contributed by atoms with Crippen molar-refractivity contribution in [2.45, 2.75) is 13.3 Å². The molecule has 0 radical (unpaired) electrons. The van der Waals surface area contributed by atoms with E-state index in [9.17, 15) is 0 Å². The van der Waals surface area contributed by atoms with Crippen LogP contribution in [0.2, 0.25) is 0 Å². The van der Waals surface area contributed by atoms with Gasteiger partial charge in [0.15, 0.2) is 0 Å². The van der Waals surface area contributed by atoms with Crippen molar-refractivity contribution < 1.29 is 0 Å². The number of pyridine rings is 2. The number of hydrogen-bond acceptors (Lipinski definition) is 3. The maximum absolute atomic E-state index is 4.77. The molecule has 18 heavy (non-hydrogen) atoms. The molecule has 2 aromatic heterocycles. The van der Waals surface area contributed by atoms with Gasteiger partial charge in [-0.3, -0.25) is 9.97 Å². The Hall–Kier alpha value is -2.16. The lowest BCUT2D eigenvalue weighted by atomic mass is 10.0. The Kier molecular flexibility index (Phi) is 1.87. The first-order chi connectivity index (χ1) is 8.84. The zero-order valence-corrected chi connectivity index (χ0v) is 10.2. The Morgan fingerprint density at radius 2 is 2.11 bits per heavy atom. The fourth-order valence-electron chi connectivity index (χ4n) is 2.84. The summed E-state index contributed by atoms with van der Waals surface area (Å²) in [6, 6.07) is 8.33. The highest BCUT2D eigenvalue weighted by Crippen LogP contribution is 2.34.